The quantitative estimate of drug-likeness (QED) is 0.699. The molecule has 0 saturated heterocycles. The Morgan fingerprint density at radius 3 is 2.79 bits per heavy atom. The van der Waals surface area contributed by atoms with Crippen molar-refractivity contribution in [3.05, 3.63) is 12.7 Å². The summed E-state index contributed by atoms with van der Waals surface area (Å²) in [5, 5.41) is 13.0. The molecule has 9 heteroatoms. The van der Waals surface area contributed by atoms with Crippen LogP contribution in [0.25, 0.3) is 5.95 Å². The second kappa shape index (κ2) is 6.05. The highest BCUT2D eigenvalue weighted by atomic mass is 16.3. The lowest BCUT2D eigenvalue weighted by Gasteiger charge is -2.21. The zero-order valence-electron chi connectivity index (χ0n) is 10.6. The molecule has 102 valence electrons. The van der Waals surface area contributed by atoms with E-state index < -0.39 is 0 Å². The van der Waals surface area contributed by atoms with Crippen molar-refractivity contribution in [2.24, 2.45) is 0 Å². The van der Waals surface area contributed by atoms with Crippen LogP contribution in [0.3, 0.4) is 0 Å². The normalized spacial score (nSPS) is 10.6. The molecule has 0 radical (unpaired) electrons. The molecular weight excluding hydrogens is 248 g/mol. The molecule has 0 atom stereocenters. The molecule has 0 unspecified atom stereocenters. The second-order valence-corrected chi connectivity index (χ2v) is 3.84. The van der Waals surface area contributed by atoms with Gasteiger partial charge < -0.3 is 15.7 Å². The van der Waals surface area contributed by atoms with Crippen LogP contribution in [0.1, 0.15) is 13.3 Å². The first-order chi connectivity index (χ1) is 9.24. The summed E-state index contributed by atoms with van der Waals surface area (Å²) in [5.74, 6) is 0.836. The first kappa shape index (κ1) is 13.1. The van der Waals surface area contributed by atoms with Gasteiger partial charge in [-0.3, -0.25) is 0 Å². The van der Waals surface area contributed by atoms with Crippen molar-refractivity contribution < 1.29 is 5.11 Å². The summed E-state index contributed by atoms with van der Waals surface area (Å²) in [6.45, 7) is 3.21. The molecule has 0 aliphatic rings. The molecule has 0 bridgehead atoms. The van der Waals surface area contributed by atoms with Gasteiger partial charge in [0.2, 0.25) is 11.9 Å². The molecule has 9 nitrogen and oxygen atoms in total. The molecule has 0 fully saturated rings. The average Bonchev–Trinajstić information content (AvgIpc) is 2.91. The Morgan fingerprint density at radius 2 is 2.16 bits per heavy atom. The first-order valence-corrected chi connectivity index (χ1v) is 5.97. The number of aliphatic hydroxyl groups excluding tert-OH is 1. The fourth-order valence-corrected chi connectivity index (χ4v) is 1.63. The number of nitrogens with two attached hydrogens (primary N) is 1. The van der Waals surface area contributed by atoms with Crippen LogP contribution in [0, 0.1) is 0 Å². The summed E-state index contributed by atoms with van der Waals surface area (Å²) >= 11 is 0. The van der Waals surface area contributed by atoms with E-state index in [4.69, 9.17) is 10.8 Å². The predicted octanol–water partition coefficient (Wildman–Crippen LogP) is -0.757. The van der Waals surface area contributed by atoms with E-state index in [0.717, 1.165) is 13.0 Å². The number of rotatable bonds is 6. The maximum Gasteiger partial charge on any atom is 0.258 e. The van der Waals surface area contributed by atoms with Crippen molar-refractivity contribution in [1.29, 1.82) is 0 Å². The van der Waals surface area contributed by atoms with E-state index in [1.165, 1.54) is 17.3 Å². The van der Waals surface area contributed by atoms with Gasteiger partial charge in [-0.1, -0.05) is 6.92 Å². The number of hydrogen-bond donors (Lipinski definition) is 2. The Hall–Kier alpha value is -2.29. The van der Waals surface area contributed by atoms with Gasteiger partial charge in [0.15, 0.2) is 0 Å². The second-order valence-electron chi connectivity index (χ2n) is 3.84. The standard InChI is InChI=1S/C10H16N8O/c1-2-3-17(4-5-19)9-14-8(11)15-10(16-9)18-7-12-6-13-18/h6-7,19H,2-5H2,1H3,(H2,11,14,15,16). The smallest absolute Gasteiger partial charge is 0.258 e. The number of aromatic nitrogens is 6. The van der Waals surface area contributed by atoms with Crippen molar-refractivity contribution >= 4 is 11.9 Å². The van der Waals surface area contributed by atoms with Gasteiger partial charge in [-0.05, 0) is 6.42 Å². The molecule has 0 aromatic carbocycles. The van der Waals surface area contributed by atoms with E-state index in [1.807, 2.05) is 11.8 Å². The fourth-order valence-electron chi connectivity index (χ4n) is 1.63. The summed E-state index contributed by atoms with van der Waals surface area (Å²) in [6, 6.07) is 0. The SMILES string of the molecule is CCCN(CCO)c1nc(N)nc(-n2cncn2)n1. The number of hydrogen-bond acceptors (Lipinski definition) is 8. The first-order valence-electron chi connectivity index (χ1n) is 5.97. The number of anilines is 2. The maximum atomic E-state index is 9.08. The summed E-state index contributed by atoms with van der Waals surface area (Å²) in [6.07, 6.45) is 3.77. The number of nitrogens with zero attached hydrogens (tertiary/aromatic N) is 7. The molecular formula is C10H16N8O. The third kappa shape index (κ3) is 3.13. The van der Waals surface area contributed by atoms with E-state index in [0.29, 0.717) is 18.4 Å². The zero-order chi connectivity index (χ0) is 13.7. The van der Waals surface area contributed by atoms with Crippen LogP contribution < -0.4 is 10.6 Å². The van der Waals surface area contributed by atoms with Gasteiger partial charge in [0.05, 0.1) is 6.61 Å². The Kier molecular flexibility index (Phi) is 4.18. The molecule has 0 aliphatic heterocycles. The van der Waals surface area contributed by atoms with Crippen LogP contribution in [0.4, 0.5) is 11.9 Å². The van der Waals surface area contributed by atoms with Crippen molar-refractivity contribution in [2.75, 3.05) is 30.3 Å². The minimum absolute atomic E-state index is 0.0181. The summed E-state index contributed by atoms with van der Waals surface area (Å²) in [7, 11) is 0. The molecule has 2 rings (SSSR count). The molecule has 2 aromatic rings. The Balaban J connectivity index is 2.34. The molecule has 0 aliphatic carbocycles. The lowest BCUT2D eigenvalue weighted by molar-refractivity contribution is 0.301. The maximum absolute atomic E-state index is 9.08. The highest BCUT2D eigenvalue weighted by molar-refractivity contribution is 5.37. The van der Waals surface area contributed by atoms with Gasteiger partial charge in [-0.2, -0.15) is 24.7 Å². The lowest BCUT2D eigenvalue weighted by atomic mass is 10.4. The van der Waals surface area contributed by atoms with Crippen LogP contribution in [0.2, 0.25) is 0 Å². The molecule has 0 amide bonds. The van der Waals surface area contributed by atoms with Gasteiger partial charge in [0.25, 0.3) is 5.95 Å². The van der Waals surface area contributed by atoms with Gasteiger partial charge >= 0.3 is 0 Å². The summed E-state index contributed by atoms with van der Waals surface area (Å²) < 4.78 is 1.41. The highest BCUT2D eigenvalue weighted by Gasteiger charge is 2.12. The topological polar surface area (TPSA) is 119 Å². The zero-order valence-corrected chi connectivity index (χ0v) is 10.6. The predicted molar refractivity (Wildman–Crippen MR) is 68.7 cm³/mol. The van der Waals surface area contributed by atoms with Crippen molar-refractivity contribution in [3.8, 4) is 5.95 Å². The van der Waals surface area contributed by atoms with E-state index in [2.05, 4.69) is 25.0 Å². The molecule has 2 heterocycles. The Bertz CT molecular complexity index is 508. The van der Waals surface area contributed by atoms with E-state index in [1.54, 1.807) is 0 Å². The molecule has 0 saturated carbocycles. The molecule has 19 heavy (non-hydrogen) atoms. The van der Waals surface area contributed by atoms with E-state index >= 15 is 0 Å². The fraction of sp³-hybridized carbons (Fsp3) is 0.500. The van der Waals surface area contributed by atoms with Crippen LogP contribution >= 0.6 is 0 Å². The van der Waals surface area contributed by atoms with Crippen LogP contribution in [-0.4, -0.2) is 54.5 Å². The van der Waals surface area contributed by atoms with Gasteiger partial charge in [-0.25, -0.2) is 4.98 Å². The third-order valence-corrected chi connectivity index (χ3v) is 2.40. The van der Waals surface area contributed by atoms with Crippen LogP contribution in [0.5, 0.6) is 0 Å². The third-order valence-electron chi connectivity index (χ3n) is 2.40. The monoisotopic (exact) mass is 264 g/mol. The Morgan fingerprint density at radius 1 is 1.32 bits per heavy atom. The van der Waals surface area contributed by atoms with Gasteiger partial charge in [-0.15, -0.1) is 0 Å². The van der Waals surface area contributed by atoms with Crippen LogP contribution in [-0.2, 0) is 0 Å². The number of nitrogen functional groups attached to an aromatic ring is 1. The minimum Gasteiger partial charge on any atom is -0.395 e. The Labute approximate surface area is 110 Å². The number of aliphatic hydroxyl groups is 1. The lowest BCUT2D eigenvalue weighted by Crippen LogP contribution is -2.30. The summed E-state index contributed by atoms with van der Waals surface area (Å²) in [4.78, 5) is 18.1. The minimum atomic E-state index is 0.0181. The van der Waals surface area contributed by atoms with E-state index in [-0.39, 0.29) is 12.6 Å². The average molecular weight is 264 g/mol. The largest absolute Gasteiger partial charge is 0.395 e. The molecule has 2 aromatic heterocycles. The highest BCUT2D eigenvalue weighted by Crippen LogP contribution is 2.11. The van der Waals surface area contributed by atoms with Crippen LogP contribution in [0.15, 0.2) is 12.7 Å². The van der Waals surface area contributed by atoms with Crippen molar-refractivity contribution in [1.82, 2.24) is 29.7 Å². The van der Waals surface area contributed by atoms with Gasteiger partial charge in [0.1, 0.15) is 12.7 Å². The summed E-state index contributed by atoms with van der Waals surface area (Å²) in [5.41, 5.74) is 5.68. The van der Waals surface area contributed by atoms with Gasteiger partial charge in [0, 0.05) is 13.1 Å². The molecule has 0 spiro atoms. The van der Waals surface area contributed by atoms with Crippen molar-refractivity contribution in [2.45, 2.75) is 13.3 Å². The van der Waals surface area contributed by atoms with Crippen molar-refractivity contribution in [3.63, 3.8) is 0 Å². The van der Waals surface area contributed by atoms with E-state index in [9.17, 15) is 0 Å². The molecule has 3 N–H and O–H groups in total.